The van der Waals surface area contributed by atoms with E-state index < -0.39 is 0 Å². The molecule has 7 heteroatoms. The number of thioether (sulfide) groups is 2. The lowest BCUT2D eigenvalue weighted by Gasteiger charge is -2.04. The maximum absolute atomic E-state index is 11.7. The van der Waals surface area contributed by atoms with Gasteiger partial charge in [-0.3, -0.25) is 0 Å². The normalized spacial score (nSPS) is 11.1. The Morgan fingerprint density at radius 2 is 2.05 bits per heavy atom. The van der Waals surface area contributed by atoms with Crippen molar-refractivity contribution in [1.29, 1.82) is 0 Å². The first-order chi connectivity index (χ1) is 10.2. The Morgan fingerprint density at radius 3 is 2.81 bits per heavy atom. The molecule has 0 atom stereocenters. The average molecular weight is 336 g/mol. The number of rotatable bonds is 4. The second-order valence-corrected chi connectivity index (χ2v) is 7.67. The summed E-state index contributed by atoms with van der Waals surface area (Å²) in [6.45, 7) is 1.98. The van der Waals surface area contributed by atoms with Crippen LogP contribution in [-0.2, 0) is 5.75 Å². The monoisotopic (exact) mass is 336 g/mol. The molecule has 3 rings (SSSR count). The van der Waals surface area contributed by atoms with Crippen molar-refractivity contribution in [2.24, 2.45) is 0 Å². The Hall–Kier alpha value is -1.31. The Morgan fingerprint density at radius 1 is 1.24 bits per heavy atom. The van der Waals surface area contributed by atoms with E-state index in [1.54, 1.807) is 40.9 Å². The molecule has 0 bridgehead atoms. The molecule has 2 aromatic heterocycles. The predicted octanol–water partition coefficient (Wildman–Crippen LogP) is 3.97. The van der Waals surface area contributed by atoms with Crippen molar-refractivity contribution >= 4 is 45.8 Å². The van der Waals surface area contributed by atoms with Gasteiger partial charge in [-0.15, -0.1) is 10.2 Å². The minimum atomic E-state index is -0.314. The van der Waals surface area contributed by atoms with Crippen molar-refractivity contribution in [3.8, 4) is 0 Å². The van der Waals surface area contributed by atoms with Crippen molar-refractivity contribution < 1.29 is 4.42 Å². The highest BCUT2D eigenvalue weighted by molar-refractivity contribution is 8.02. The lowest BCUT2D eigenvalue weighted by atomic mass is 10.1. The summed E-state index contributed by atoms with van der Waals surface area (Å²) in [4.78, 5) is 11.7. The van der Waals surface area contributed by atoms with E-state index in [0.717, 1.165) is 25.2 Å². The van der Waals surface area contributed by atoms with Gasteiger partial charge < -0.3 is 4.42 Å². The van der Waals surface area contributed by atoms with Crippen molar-refractivity contribution in [3.63, 3.8) is 0 Å². The zero-order chi connectivity index (χ0) is 14.8. The number of benzene rings is 1. The van der Waals surface area contributed by atoms with Gasteiger partial charge in [0.15, 0.2) is 8.68 Å². The van der Waals surface area contributed by atoms with E-state index in [-0.39, 0.29) is 5.63 Å². The van der Waals surface area contributed by atoms with Gasteiger partial charge in [-0.1, -0.05) is 47.0 Å². The zero-order valence-electron chi connectivity index (χ0n) is 11.5. The molecule has 0 aliphatic heterocycles. The Bertz CT molecular complexity index is 842. The van der Waals surface area contributed by atoms with Crippen LogP contribution in [0.1, 0.15) is 11.1 Å². The molecule has 3 aromatic rings. The molecule has 0 amide bonds. The van der Waals surface area contributed by atoms with E-state index in [0.29, 0.717) is 11.3 Å². The second-order valence-electron chi connectivity index (χ2n) is 4.42. The van der Waals surface area contributed by atoms with Gasteiger partial charge in [0.25, 0.3) is 0 Å². The Balaban J connectivity index is 1.91. The second kappa shape index (κ2) is 6.21. The predicted molar refractivity (Wildman–Crippen MR) is 88.5 cm³/mol. The summed E-state index contributed by atoms with van der Waals surface area (Å²) in [5.41, 5.74) is 2.36. The van der Waals surface area contributed by atoms with Gasteiger partial charge >= 0.3 is 5.63 Å². The molecule has 0 unspecified atom stereocenters. The molecular formula is C14H12N2O2S3. The van der Waals surface area contributed by atoms with Crippen LogP contribution in [0.2, 0.25) is 0 Å². The van der Waals surface area contributed by atoms with Crippen LogP contribution in [0, 0.1) is 6.92 Å². The number of hydrogen-bond donors (Lipinski definition) is 0. The quantitative estimate of drug-likeness (QED) is 0.531. The van der Waals surface area contributed by atoms with Crippen LogP contribution in [0.3, 0.4) is 0 Å². The number of nitrogens with zero attached hydrogens (tertiary/aromatic N) is 2. The molecule has 21 heavy (non-hydrogen) atoms. The molecule has 0 saturated carbocycles. The maximum Gasteiger partial charge on any atom is 0.336 e. The number of hydrogen-bond acceptors (Lipinski definition) is 7. The van der Waals surface area contributed by atoms with Gasteiger partial charge in [-0.2, -0.15) is 0 Å². The van der Waals surface area contributed by atoms with Crippen LogP contribution in [0.15, 0.2) is 42.2 Å². The van der Waals surface area contributed by atoms with E-state index in [4.69, 9.17) is 4.42 Å². The van der Waals surface area contributed by atoms with Gasteiger partial charge in [0.2, 0.25) is 0 Å². The van der Waals surface area contributed by atoms with Crippen LogP contribution in [0.25, 0.3) is 11.0 Å². The number of aryl methyl sites for hydroxylation is 1. The lowest BCUT2D eigenvalue weighted by molar-refractivity contribution is 0.559. The van der Waals surface area contributed by atoms with Crippen LogP contribution in [-0.4, -0.2) is 16.5 Å². The summed E-state index contributed by atoms with van der Waals surface area (Å²) in [5.74, 6) is 0.675. The van der Waals surface area contributed by atoms with E-state index >= 15 is 0 Å². The van der Waals surface area contributed by atoms with E-state index in [9.17, 15) is 4.79 Å². The van der Waals surface area contributed by atoms with Gasteiger partial charge in [-0.05, 0) is 30.4 Å². The zero-order valence-corrected chi connectivity index (χ0v) is 13.9. The summed E-state index contributed by atoms with van der Waals surface area (Å²) < 4.78 is 7.12. The SMILES string of the molecule is CSc1nnc(SCc2cc(=O)oc3cc(C)ccc23)s1. The molecule has 0 radical (unpaired) electrons. The van der Waals surface area contributed by atoms with E-state index in [1.165, 1.54) is 0 Å². The van der Waals surface area contributed by atoms with Gasteiger partial charge in [-0.25, -0.2) is 4.79 Å². The van der Waals surface area contributed by atoms with Gasteiger partial charge in [0, 0.05) is 17.2 Å². The Kier molecular flexibility index (Phi) is 4.32. The lowest BCUT2D eigenvalue weighted by Crippen LogP contribution is -2.00. The first kappa shape index (κ1) is 14.6. The summed E-state index contributed by atoms with van der Waals surface area (Å²) in [6.07, 6.45) is 1.98. The topological polar surface area (TPSA) is 56.0 Å². The van der Waals surface area contributed by atoms with Crippen LogP contribution < -0.4 is 5.63 Å². The highest BCUT2D eigenvalue weighted by atomic mass is 32.2. The Labute approximate surface area is 134 Å². The van der Waals surface area contributed by atoms with Crippen LogP contribution >= 0.6 is 34.9 Å². The highest BCUT2D eigenvalue weighted by Gasteiger charge is 2.09. The minimum absolute atomic E-state index is 0.314. The van der Waals surface area contributed by atoms with Crippen molar-refractivity contribution in [2.75, 3.05) is 6.26 Å². The summed E-state index contributed by atoms with van der Waals surface area (Å²) >= 11 is 4.74. The first-order valence-electron chi connectivity index (χ1n) is 6.19. The molecule has 0 fully saturated rings. The largest absolute Gasteiger partial charge is 0.423 e. The fraction of sp³-hybridized carbons (Fsp3) is 0.214. The van der Waals surface area contributed by atoms with E-state index in [2.05, 4.69) is 10.2 Å². The molecule has 4 nitrogen and oxygen atoms in total. The van der Waals surface area contributed by atoms with Crippen LogP contribution in [0.4, 0.5) is 0 Å². The fourth-order valence-corrected chi connectivity index (χ4v) is 4.36. The fourth-order valence-electron chi connectivity index (χ4n) is 1.93. The summed E-state index contributed by atoms with van der Waals surface area (Å²) in [5, 5.41) is 9.17. The molecule has 108 valence electrons. The third-order valence-corrected chi connectivity index (χ3v) is 5.98. The molecule has 0 aliphatic carbocycles. The third kappa shape index (κ3) is 3.30. The summed E-state index contributed by atoms with van der Waals surface area (Å²) in [7, 11) is 0. The molecule has 0 spiro atoms. The molecule has 0 saturated heterocycles. The number of aromatic nitrogens is 2. The molecule has 0 N–H and O–H groups in total. The van der Waals surface area contributed by atoms with Crippen molar-refractivity contribution in [1.82, 2.24) is 10.2 Å². The third-order valence-electron chi connectivity index (χ3n) is 2.90. The molecule has 0 aliphatic rings. The average Bonchev–Trinajstić information content (AvgIpc) is 2.92. The van der Waals surface area contributed by atoms with Crippen LogP contribution in [0.5, 0.6) is 0 Å². The summed E-state index contributed by atoms with van der Waals surface area (Å²) in [6, 6.07) is 7.47. The molecule has 2 heterocycles. The van der Waals surface area contributed by atoms with E-state index in [1.807, 2.05) is 31.4 Å². The van der Waals surface area contributed by atoms with Gasteiger partial charge in [0.05, 0.1) is 0 Å². The molecular weight excluding hydrogens is 324 g/mol. The first-order valence-corrected chi connectivity index (χ1v) is 9.22. The highest BCUT2D eigenvalue weighted by Crippen LogP contribution is 2.31. The number of fused-ring (bicyclic) bond motifs is 1. The standard InChI is InChI=1S/C14H12N2O2S3/c1-8-3-4-10-9(6-12(17)18-11(10)5-8)7-20-14-16-15-13(19-2)21-14/h3-6H,7H2,1-2H3. The minimum Gasteiger partial charge on any atom is -0.423 e. The van der Waals surface area contributed by atoms with Gasteiger partial charge in [0.1, 0.15) is 5.58 Å². The van der Waals surface area contributed by atoms with Crippen molar-refractivity contribution in [3.05, 3.63) is 45.8 Å². The smallest absolute Gasteiger partial charge is 0.336 e. The molecule has 1 aromatic carbocycles. The maximum atomic E-state index is 11.7. The van der Waals surface area contributed by atoms with Crippen molar-refractivity contribution in [2.45, 2.75) is 21.4 Å².